The van der Waals surface area contributed by atoms with Crippen molar-refractivity contribution in [1.82, 2.24) is 4.90 Å². The monoisotopic (exact) mass is 354 g/mol. The summed E-state index contributed by atoms with van der Waals surface area (Å²) in [4.78, 5) is 26.8. The molecule has 1 fully saturated rings. The SMILES string of the molecule is Cc1ccc(NC(=O)C2CCCN(C(=O)Cc3ccc(F)cc3)C2)cc1. The Balaban J connectivity index is 1.57. The fourth-order valence-corrected chi connectivity index (χ4v) is 3.19. The topological polar surface area (TPSA) is 49.4 Å². The van der Waals surface area contributed by atoms with Gasteiger partial charge in [0.2, 0.25) is 11.8 Å². The molecule has 1 heterocycles. The third-order valence-corrected chi connectivity index (χ3v) is 4.73. The van der Waals surface area contributed by atoms with Crippen LogP contribution >= 0.6 is 0 Å². The second kappa shape index (κ2) is 8.13. The molecule has 2 aromatic rings. The number of hydrogen-bond donors (Lipinski definition) is 1. The summed E-state index contributed by atoms with van der Waals surface area (Å²) in [6.07, 6.45) is 1.81. The minimum absolute atomic E-state index is 0.0237. The number of benzene rings is 2. The first-order valence-corrected chi connectivity index (χ1v) is 8.91. The Morgan fingerprint density at radius 3 is 2.50 bits per heavy atom. The summed E-state index contributed by atoms with van der Waals surface area (Å²) in [5.41, 5.74) is 2.69. The van der Waals surface area contributed by atoms with E-state index < -0.39 is 0 Å². The first kappa shape index (κ1) is 18.1. The van der Waals surface area contributed by atoms with Gasteiger partial charge in [-0.15, -0.1) is 0 Å². The van der Waals surface area contributed by atoms with Crippen molar-refractivity contribution in [2.45, 2.75) is 26.2 Å². The van der Waals surface area contributed by atoms with Crippen LogP contribution in [0.3, 0.4) is 0 Å². The number of halogens is 1. The first-order chi connectivity index (χ1) is 12.5. The van der Waals surface area contributed by atoms with Crippen molar-refractivity contribution < 1.29 is 14.0 Å². The molecule has 0 aromatic heterocycles. The molecule has 0 aliphatic carbocycles. The van der Waals surface area contributed by atoms with Crippen molar-refractivity contribution in [3.8, 4) is 0 Å². The van der Waals surface area contributed by atoms with E-state index in [2.05, 4.69) is 5.32 Å². The summed E-state index contributed by atoms with van der Waals surface area (Å²) < 4.78 is 13.0. The van der Waals surface area contributed by atoms with E-state index in [1.807, 2.05) is 31.2 Å². The van der Waals surface area contributed by atoms with Crippen LogP contribution in [0.15, 0.2) is 48.5 Å². The van der Waals surface area contributed by atoms with E-state index in [9.17, 15) is 14.0 Å². The van der Waals surface area contributed by atoms with Gasteiger partial charge in [0.1, 0.15) is 5.82 Å². The van der Waals surface area contributed by atoms with Gasteiger partial charge < -0.3 is 10.2 Å². The standard InChI is InChI=1S/C21H23FN2O2/c1-15-4-10-19(11-5-15)23-21(26)17-3-2-12-24(14-17)20(25)13-16-6-8-18(22)9-7-16/h4-11,17H,2-3,12-14H2,1H3,(H,23,26). The molecule has 1 atom stereocenters. The molecule has 2 aromatic carbocycles. The number of carbonyl (C=O) groups excluding carboxylic acids is 2. The average molecular weight is 354 g/mol. The largest absolute Gasteiger partial charge is 0.342 e. The Labute approximate surface area is 153 Å². The summed E-state index contributed by atoms with van der Waals surface area (Å²) in [6.45, 7) is 3.09. The zero-order valence-electron chi connectivity index (χ0n) is 14.9. The quantitative estimate of drug-likeness (QED) is 0.913. The summed E-state index contributed by atoms with van der Waals surface area (Å²) in [5, 5.41) is 2.94. The number of rotatable bonds is 4. The van der Waals surface area contributed by atoms with Gasteiger partial charge in [0.15, 0.2) is 0 Å². The second-order valence-electron chi connectivity index (χ2n) is 6.84. The molecule has 0 saturated carbocycles. The van der Waals surface area contributed by atoms with Crippen LogP contribution < -0.4 is 5.32 Å². The third-order valence-electron chi connectivity index (χ3n) is 4.73. The summed E-state index contributed by atoms with van der Waals surface area (Å²) in [6, 6.07) is 13.6. The highest BCUT2D eigenvalue weighted by atomic mass is 19.1. The van der Waals surface area contributed by atoms with Crippen LogP contribution in [0.1, 0.15) is 24.0 Å². The van der Waals surface area contributed by atoms with Crippen LogP contribution in [0.4, 0.5) is 10.1 Å². The summed E-state index contributed by atoms with van der Waals surface area (Å²) in [7, 11) is 0. The van der Waals surface area contributed by atoms with Gasteiger partial charge >= 0.3 is 0 Å². The molecule has 1 unspecified atom stereocenters. The lowest BCUT2D eigenvalue weighted by Gasteiger charge is -2.32. The van der Waals surface area contributed by atoms with Crippen molar-refractivity contribution in [3.63, 3.8) is 0 Å². The number of carbonyl (C=O) groups is 2. The van der Waals surface area contributed by atoms with Crippen LogP contribution in [0.5, 0.6) is 0 Å². The summed E-state index contributed by atoms with van der Waals surface area (Å²) in [5.74, 6) is -0.591. The van der Waals surface area contributed by atoms with Crippen LogP contribution in [-0.2, 0) is 16.0 Å². The molecule has 1 saturated heterocycles. The van der Waals surface area contributed by atoms with Gasteiger partial charge in [-0.25, -0.2) is 4.39 Å². The van der Waals surface area contributed by atoms with E-state index >= 15 is 0 Å². The fraction of sp³-hybridized carbons (Fsp3) is 0.333. The molecule has 5 heteroatoms. The lowest BCUT2D eigenvalue weighted by atomic mass is 9.96. The van der Waals surface area contributed by atoms with Crippen molar-refractivity contribution in [1.29, 1.82) is 0 Å². The molecular formula is C21H23FN2O2. The van der Waals surface area contributed by atoms with Crippen LogP contribution in [-0.4, -0.2) is 29.8 Å². The van der Waals surface area contributed by atoms with E-state index in [-0.39, 0.29) is 30.0 Å². The summed E-state index contributed by atoms with van der Waals surface area (Å²) >= 11 is 0. The number of aryl methyl sites for hydroxylation is 1. The number of nitrogens with one attached hydrogen (secondary N) is 1. The zero-order valence-corrected chi connectivity index (χ0v) is 14.9. The Morgan fingerprint density at radius 1 is 1.12 bits per heavy atom. The minimum Gasteiger partial charge on any atom is -0.342 e. The van der Waals surface area contributed by atoms with Crippen molar-refractivity contribution in [3.05, 3.63) is 65.5 Å². The maximum absolute atomic E-state index is 13.0. The lowest BCUT2D eigenvalue weighted by Crippen LogP contribution is -2.44. The van der Waals surface area contributed by atoms with Crippen LogP contribution in [0.2, 0.25) is 0 Å². The number of hydrogen-bond acceptors (Lipinski definition) is 2. The van der Waals surface area contributed by atoms with E-state index in [4.69, 9.17) is 0 Å². The van der Waals surface area contributed by atoms with Crippen molar-refractivity contribution >= 4 is 17.5 Å². The number of nitrogens with zero attached hydrogens (tertiary/aromatic N) is 1. The maximum atomic E-state index is 13.0. The van der Waals surface area contributed by atoms with Crippen molar-refractivity contribution in [2.75, 3.05) is 18.4 Å². The number of likely N-dealkylation sites (tertiary alicyclic amines) is 1. The smallest absolute Gasteiger partial charge is 0.229 e. The minimum atomic E-state index is -0.313. The maximum Gasteiger partial charge on any atom is 0.229 e. The molecule has 2 amide bonds. The second-order valence-corrected chi connectivity index (χ2v) is 6.84. The van der Waals surface area contributed by atoms with Crippen LogP contribution in [0.25, 0.3) is 0 Å². The Hall–Kier alpha value is -2.69. The van der Waals surface area contributed by atoms with Gasteiger partial charge in [0.25, 0.3) is 0 Å². The third kappa shape index (κ3) is 4.69. The van der Waals surface area contributed by atoms with E-state index in [0.29, 0.717) is 13.1 Å². The van der Waals surface area contributed by atoms with E-state index in [1.165, 1.54) is 12.1 Å². The molecule has 3 rings (SSSR count). The Morgan fingerprint density at radius 2 is 1.81 bits per heavy atom. The molecule has 0 bridgehead atoms. The van der Waals surface area contributed by atoms with Crippen molar-refractivity contribution in [2.24, 2.45) is 5.92 Å². The molecule has 4 nitrogen and oxygen atoms in total. The van der Waals surface area contributed by atoms with Gasteiger partial charge in [-0.1, -0.05) is 29.8 Å². The van der Waals surface area contributed by atoms with E-state index in [1.54, 1.807) is 17.0 Å². The predicted molar refractivity (Wildman–Crippen MR) is 99.2 cm³/mol. The normalized spacial score (nSPS) is 17.0. The highest BCUT2D eigenvalue weighted by Gasteiger charge is 2.28. The highest BCUT2D eigenvalue weighted by molar-refractivity contribution is 5.93. The molecule has 0 spiro atoms. The van der Waals surface area contributed by atoms with E-state index in [0.717, 1.165) is 29.7 Å². The molecule has 26 heavy (non-hydrogen) atoms. The molecule has 1 aliphatic rings. The van der Waals surface area contributed by atoms with Gasteiger partial charge in [0.05, 0.1) is 12.3 Å². The van der Waals surface area contributed by atoms with Gasteiger partial charge in [-0.05, 0) is 49.6 Å². The number of amides is 2. The lowest BCUT2D eigenvalue weighted by molar-refractivity contribution is -0.133. The zero-order chi connectivity index (χ0) is 18.5. The average Bonchev–Trinajstić information content (AvgIpc) is 2.65. The predicted octanol–water partition coefficient (Wildman–Crippen LogP) is 3.55. The van der Waals surface area contributed by atoms with Gasteiger partial charge in [-0.2, -0.15) is 0 Å². The molecule has 0 radical (unpaired) electrons. The van der Waals surface area contributed by atoms with Crippen LogP contribution in [0, 0.1) is 18.7 Å². The van der Waals surface area contributed by atoms with Gasteiger partial charge in [0, 0.05) is 18.8 Å². The molecule has 1 N–H and O–H groups in total. The Kier molecular flexibility index (Phi) is 5.66. The molecular weight excluding hydrogens is 331 g/mol. The molecule has 1 aliphatic heterocycles. The number of anilines is 1. The first-order valence-electron chi connectivity index (χ1n) is 8.91. The van der Waals surface area contributed by atoms with Gasteiger partial charge in [-0.3, -0.25) is 9.59 Å². The number of piperidine rings is 1. The fourth-order valence-electron chi connectivity index (χ4n) is 3.19. The Bertz CT molecular complexity index is 706. The molecule has 136 valence electrons. The highest BCUT2D eigenvalue weighted by Crippen LogP contribution is 2.20.